The highest BCUT2D eigenvalue weighted by Gasteiger charge is 2.04. The first kappa shape index (κ1) is 17.3. The molecule has 0 unspecified atom stereocenters. The lowest BCUT2D eigenvalue weighted by Crippen LogP contribution is -2.30. The van der Waals surface area contributed by atoms with Crippen molar-refractivity contribution in [3.05, 3.63) is 12.2 Å². The zero-order valence-electron chi connectivity index (χ0n) is 11.6. The molecule has 6 heteroatoms. The Morgan fingerprint density at radius 2 is 2.05 bits per heavy atom. The summed E-state index contributed by atoms with van der Waals surface area (Å²) in [5.41, 5.74) is 0. The van der Waals surface area contributed by atoms with Crippen molar-refractivity contribution in [3.8, 4) is 0 Å². The second kappa shape index (κ2) is 11.4. The van der Waals surface area contributed by atoms with Crippen LogP contribution >= 0.6 is 0 Å². The van der Waals surface area contributed by atoms with Crippen LogP contribution in [-0.4, -0.2) is 56.9 Å². The van der Waals surface area contributed by atoms with Gasteiger partial charge >= 0.3 is 0 Å². The zero-order valence-corrected chi connectivity index (χ0v) is 11.6. The third-order valence-electron chi connectivity index (χ3n) is 2.44. The van der Waals surface area contributed by atoms with Crippen molar-refractivity contribution >= 4 is 18.1 Å². The highest BCUT2D eigenvalue weighted by molar-refractivity contribution is 5.90. The van der Waals surface area contributed by atoms with Crippen molar-refractivity contribution < 1.29 is 19.1 Å². The number of nitrogens with one attached hydrogen (secondary N) is 1. The Morgan fingerprint density at radius 3 is 2.68 bits per heavy atom. The first-order valence-electron chi connectivity index (χ1n) is 6.24. The molecule has 0 radical (unpaired) electrons. The largest absolute Gasteiger partial charge is 0.385 e. The molecule has 19 heavy (non-hydrogen) atoms. The van der Waals surface area contributed by atoms with Gasteiger partial charge in [-0.25, -0.2) is 0 Å². The minimum absolute atomic E-state index is 0.00752. The van der Waals surface area contributed by atoms with Crippen molar-refractivity contribution in [2.24, 2.45) is 0 Å². The van der Waals surface area contributed by atoms with Gasteiger partial charge in [-0.2, -0.15) is 0 Å². The highest BCUT2D eigenvalue weighted by Crippen LogP contribution is 1.92. The average molecular weight is 270 g/mol. The zero-order chi connectivity index (χ0) is 14.5. The predicted molar refractivity (Wildman–Crippen MR) is 71.6 cm³/mol. The molecule has 0 aliphatic rings. The number of hydrogen-bond acceptors (Lipinski definition) is 4. The van der Waals surface area contributed by atoms with Gasteiger partial charge in [0.05, 0.1) is 0 Å². The van der Waals surface area contributed by atoms with Crippen molar-refractivity contribution in [2.45, 2.75) is 19.3 Å². The fraction of sp³-hybridized carbons (Fsp3) is 0.615. The molecule has 1 N–H and O–H groups in total. The standard InChI is InChI=1S/C13H22N2O4/c1-15(13(18)7-3-10-16)9-5-8-14-12(17)6-4-11-19-2/h3,7,10H,4-6,8-9,11H2,1-2H3,(H,14,17)/b7-3-. The number of aldehydes is 1. The van der Waals surface area contributed by atoms with Crippen LogP contribution in [0.15, 0.2) is 12.2 Å². The molecule has 0 fully saturated rings. The Hall–Kier alpha value is -1.69. The van der Waals surface area contributed by atoms with Crippen LogP contribution in [0, 0.1) is 0 Å². The normalized spacial score (nSPS) is 10.4. The monoisotopic (exact) mass is 270 g/mol. The maximum atomic E-state index is 11.4. The third-order valence-corrected chi connectivity index (χ3v) is 2.44. The van der Waals surface area contributed by atoms with Gasteiger partial charge < -0.3 is 15.0 Å². The molecule has 0 heterocycles. The van der Waals surface area contributed by atoms with Gasteiger partial charge in [0.1, 0.15) is 6.29 Å². The minimum Gasteiger partial charge on any atom is -0.385 e. The Balaban J connectivity index is 3.62. The van der Waals surface area contributed by atoms with Gasteiger partial charge in [-0.15, -0.1) is 0 Å². The van der Waals surface area contributed by atoms with Crippen LogP contribution in [-0.2, 0) is 19.1 Å². The maximum absolute atomic E-state index is 11.4. The number of ether oxygens (including phenoxy) is 1. The predicted octanol–water partition coefficient (Wildman–Crippen LogP) is 0.133. The van der Waals surface area contributed by atoms with E-state index in [9.17, 15) is 14.4 Å². The van der Waals surface area contributed by atoms with E-state index in [1.807, 2.05) is 0 Å². The molecular formula is C13H22N2O4. The number of allylic oxidation sites excluding steroid dienone is 1. The molecule has 0 aromatic heterocycles. The van der Waals surface area contributed by atoms with Crippen molar-refractivity contribution in [2.75, 3.05) is 33.9 Å². The Morgan fingerprint density at radius 1 is 1.32 bits per heavy atom. The van der Waals surface area contributed by atoms with E-state index in [0.29, 0.717) is 45.2 Å². The first-order chi connectivity index (χ1) is 9.11. The summed E-state index contributed by atoms with van der Waals surface area (Å²) < 4.78 is 4.85. The topological polar surface area (TPSA) is 75.7 Å². The van der Waals surface area contributed by atoms with Crippen LogP contribution in [0.1, 0.15) is 19.3 Å². The van der Waals surface area contributed by atoms with E-state index in [1.54, 1.807) is 14.2 Å². The summed E-state index contributed by atoms with van der Waals surface area (Å²) in [5, 5.41) is 2.77. The third kappa shape index (κ3) is 9.96. The lowest BCUT2D eigenvalue weighted by molar-refractivity contribution is -0.125. The fourth-order valence-electron chi connectivity index (χ4n) is 1.37. The molecule has 0 bridgehead atoms. The summed E-state index contributed by atoms with van der Waals surface area (Å²) in [6.45, 7) is 1.63. The van der Waals surface area contributed by atoms with Gasteiger partial charge in [0.15, 0.2) is 0 Å². The molecule has 0 atom stereocenters. The average Bonchev–Trinajstić information content (AvgIpc) is 2.40. The van der Waals surface area contributed by atoms with Gasteiger partial charge in [-0.1, -0.05) is 0 Å². The van der Waals surface area contributed by atoms with E-state index in [0.717, 1.165) is 6.08 Å². The fourth-order valence-corrected chi connectivity index (χ4v) is 1.37. The van der Waals surface area contributed by atoms with Crippen LogP contribution in [0.25, 0.3) is 0 Å². The van der Waals surface area contributed by atoms with Crippen LogP contribution in [0.4, 0.5) is 0 Å². The van der Waals surface area contributed by atoms with Gasteiger partial charge in [0.25, 0.3) is 0 Å². The smallest absolute Gasteiger partial charge is 0.246 e. The number of likely N-dealkylation sites (N-methyl/N-ethyl adjacent to an activating group) is 1. The van der Waals surface area contributed by atoms with E-state index in [1.165, 1.54) is 11.0 Å². The molecule has 0 spiro atoms. The molecule has 2 amide bonds. The van der Waals surface area contributed by atoms with Gasteiger partial charge in [0, 0.05) is 46.4 Å². The summed E-state index contributed by atoms with van der Waals surface area (Å²) in [6, 6.07) is 0. The van der Waals surface area contributed by atoms with E-state index >= 15 is 0 Å². The number of amides is 2. The first-order valence-corrected chi connectivity index (χ1v) is 6.24. The lowest BCUT2D eigenvalue weighted by atomic mass is 10.3. The SMILES string of the molecule is COCCCC(=O)NCCCN(C)C(=O)/C=C\C=O. The second-order valence-electron chi connectivity index (χ2n) is 4.05. The van der Waals surface area contributed by atoms with E-state index in [2.05, 4.69) is 5.32 Å². The molecule has 0 aromatic carbocycles. The molecular weight excluding hydrogens is 248 g/mol. The molecule has 0 saturated carbocycles. The van der Waals surface area contributed by atoms with E-state index in [4.69, 9.17) is 4.74 Å². The lowest BCUT2D eigenvalue weighted by Gasteiger charge is -2.14. The highest BCUT2D eigenvalue weighted by atomic mass is 16.5. The molecule has 0 aromatic rings. The number of methoxy groups -OCH3 is 1. The number of rotatable bonds is 10. The van der Waals surface area contributed by atoms with Crippen LogP contribution in [0.5, 0.6) is 0 Å². The van der Waals surface area contributed by atoms with Gasteiger partial charge in [-0.05, 0) is 18.9 Å². The van der Waals surface area contributed by atoms with Gasteiger partial charge in [-0.3, -0.25) is 14.4 Å². The molecule has 108 valence electrons. The van der Waals surface area contributed by atoms with Crippen molar-refractivity contribution in [3.63, 3.8) is 0 Å². The summed E-state index contributed by atoms with van der Waals surface area (Å²) in [4.78, 5) is 34.3. The second-order valence-corrected chi connectivity index (χ2v) is 4.05. The van der Waals surface area contributed by atoms with Crippen LogP contribution in [0.2, 0.25) is 0 Å². The van der Waals surface area contributed by atoms with Gasteiger partial charge in [0.2, 0.25) is 11.8 Å². The number of carbonyl (C=O) groups excluding carboxylic acids is 3. The molecule has 0 aliphatic heterocycles. The maximum Gasteiger partial charge on any atom is 0.246 e. The van der Waals surface area contributed by atoms with Crippen LogP contribution in [0.3, 0.4) is 0 Å². The van der Waals surface area contributed by atoms with Crippen molar-refractivity contribution in [1.29, 1.82) is 0 Å². The Kier molecular flexibility index (Phi) is 10.4. The van der Waals surface area contributed by atoms with E-state index < -0.39 is 0 Å². The quantitative estimate of drug-likeness (QED) is 0.348. The molecule has 0 saturated heterocycles. The Bertz CT molecular complexity index is 316. The van der Waals surface area contributed by atoms with Crippen LogP contribution < -0.4 is 5.32 Å². The molecule has 0 aliphatic carbocycles. The molecule has 0 rings (SSSR count). The number of nitrogens with zero attached hydrogens (tertiary/aromatic N) is 1. The number of carbonyl (C=O) groups is 3. The van der Waals surface area contributed by atoms with Crippen molar-refractivity contribution in [1.82, 2.24) is 10.2 Å². The summed E-state index contributed by atoms with van der Waals surface area (Å²) in [7, 11) is 3.25. The van der Waals surface area contributed by atoms with E-state index in [-0.39, 0.29) is 11.8 Å². The Labute approximate surface area is 113 Å². The number of hydrogen-bond donors (Lipinski definition) is 1. The minimum atomic E-state index is -0.224. The summed E-state index contributed by atoms with van der Waals surface area (Å²) in [6.07, 6.45) is 4.77. The molecule has 6 nitrogen and oxygen atoms in total. The summed E-state index contributed by atoms with van der Waals surface area (Å²) in [5.74, 6) is -0.231. The summed E-state index contributed by atoms with van der Waals surface area (Å²) >= 11 is 0.